The van der Waals surface area contributed by atoms with Crippen molar-refractivity contribution in [3.05, 3.63) is 0 Å². The predicted molar refractivity (Wildman–Crippen MR) is 223 cm³/mol. The number of fused-ring (bicyclic) bond motifs is 10. The van der Waals surface area contributed by atoms with Crippen molar-refractivity contribution in [1.29, 1.82) is 0 Å². The summed E-state index contributed by atoms with van der Waals surface area (Å²) in [6, 6.07) is 2.28. The fourth-order valence-corrected chi connectivity index (χ4v) is 43.4. The zero-order chi connectivity index (χ0) is 39.8. The van der Waals surface area contributed by atoms with E-state index in [1.54, 1.807) is 0 Å². The van der Waals surface area contributed by atoms with Gasteiger partial charge in [0, 0.05) is 0 Å². The van der Waals surface area contributed by atoms with Crippen LogP contribution in [0.2, 0.25) is 102 Å². The molecule has 2 aliphatic heterocycles. The van der Waals surface area contributed by atoms with Crippen molar-refractivity contribution in [3.8, 4) is 0 Å². The molecule has 2 heterocycles. The third kappa shape index (κ3) is 9.01. The highest BCUT2D eigenvalue weighted by Crippen LogP contribution is 2.64. The third-order valence-corrected chi connectivity index (χ3v) is 38.7. The zero-order valence-electron chi connectivity index (χ0n) is 35.3. The van der Waals surface area contributed by atoms with Gasteiger partial charge >= 0.3 is 41.0 Å². The topological polar surface area (TPSA) is 124 Å². The fraction of sp³-hybridized carbons (Fsp3) is 0.895. The summed E-state index contributed by atoms with van der Waals surface area (Å²) in [5.41, 5.74) is 0.740. The Morgan fingerprint density at radius 1 is 0.444 bits per heavy atom. The number of cyclic esters (lactones) is 4. The van der Waals surface area contributed by atoms with E-state index in [4.69, 9.17) is 25.9 Å². The molecule has 306 valence electrons. The largest absolute Gasteiger partial charge is 0.437 e. The Hall–Kier alpha value is -0.579. The highest BCUT2D eigenvalue weighted by Gasteiger charge is 2.67. The van der Waals surface area contributed by atoms with Gasteiger partial charge in [-0.05, 0) is 151 Å². The minimum atomic E-state index is -2.39. The van der Waals surface area contributed by atoms with Crippen LogP contribution in [0.1, 0.15) is 64.2 Å². The first-order chi connectivity index (χ1) is 24.8. The first-order valence-corrected chi connectivity index (χ1v) is 39.0. The van der Waals surface area contributed by atoms with E-state index in [2.05, 4.69) is 78.6 Å². The molecule has 4 aliphatic carbocycles. The Morgan fingerprint density at radius 2 is 0.759 bits per heavy atom. The van der Waals surface area contributed by atoms with E-state index >= 15 is 0 Å². The van der Waals surface area contributed by atoms with Gasteiger partial charge in [-0.1, -0.05) is 38.5 Å². The summed E-state index contributed by atoms with van der Waals surface area (Å²) in [4.78, 5) is 49.6. The molecule has 6 rings (SSSR count). The van der Waals surface area contributed by atoms with Crippen LogP contribution in [-0.4, -0.2) is 74.3 Å². The molecule has 0 aromatic heterocycles. The zero-order valence-corrected chi connectivity index (χ0v) is 41.3. The number of rotatable bonds is 19. The van der Waals surface area contributed by atoms with Crippen molar-refractivity contribution < 1.29 is 45.1 Å². The number of carbonyl (C=O) groups excluding carboxylic acids is 4. The molecule has 2 saturated heterocycles. The summed E-state index contributed by atoms with van der Waals surface area (Å²) in [6.45, 7) is 27.4. The second-order valence-corrected chi connectivity index (χ2v) is 45.9. The SMILES string of the molecule is C[Si](C)(CCCCCCCC[Si](C)(C)O[Si](C)(C)O[Si](C)(C)C1CC2CC1C1C(=O)OC(=O)C21)O[Si](C)(C)O[Si](C)(C)C1CC2CC1C1C(=O)OC(=O)C21. The van der Waals surface area contributed by atoms with E-state index in [9.17, 15) is 19.2 Å². The van der Waals surface area contributed by atoms with E-state index in [0.29, 0.717) is 11.1 Å². The maximum absolute atomic E-state index is 12.5. The summed E-state index contributed by atoms with van der Waals surface area (Å²) in [5, 5.41) is 0. The van der Waals surface area contributed by atoms with Crippen LogP contribution < -0.4 is 0 Å². The molecule has 10 unspecified atom stereocenters. The first-order valence-electron chi connectivity index (χ1n) is 21.1. The molecule has 0 aromatic rings. The monoisotopic (exact) mass is 854 g/mol. The Bertz CT molecular complexity index is 1370. The van der Waals surface area contributed by atoms with Crippen LogP contribution in [0.3, 0.4) is 0 Å². The Kier molecular flexibility index (Phi) is 12.1. The molecular formula is C38H70O10Si6. The first kappa shape index (κ1) is 43.0. The average Bonchev–Trinajstić information content (AvgIpc) is 3.83. The summed E-state index contributed by atoms with van der Waals surface area (Å²) in [5.74, 6) is -1.12. The minimum absolute atomic E-state index is 0.210. The van der Waals surface area contributed by atoms with Gasteiger partial charge in [0.1, 0.15) is 0 Å². The molecule has 10 nitrogen and oxygen atoms in total. The van der Waals surface area contributed by atoms with Gasteiger partial charge in [-0.15, -0.1) is 0 Å². The molecule has 0 N–H and O–H groups in total. The molecule has 10 atom stereocenters. The number of esters is 4. The second-order valence-electron chi connectivity index (χ2n) is 21.1. The van der Waals surface area contributed by atoms with Crippen molar-refractivity contribution in [2.24, 2.45) is 47.3 Å². The number of carbonyl (C=O) groups is 4. The fourth-order valence-electron chi connectivity index (χ4n) is 12.8. The highest BCUT2D eigenvalue weighted by molar-refractivity contribution is 6.89. The molecule has 0 spiro atoms. The predicted octanol–water partition coefficient (Wildman–Crippen LogP) is 9.07. The van der Waals surface area contributed by atoms with Gasteiger partial charge in [-0.2, -0.15) is 0 Å². The number of ether oxygens (including phenoxy) is 2. The van der Waals surface area contributed by atoms with Gasteiger partial charge < -0.3 is 25.9 Å². The van der Waals surface area contributed by atoms with Crippen molar-refractivity contribution >= 4 is 74.3 Å². The van der Waals surface area contributed by atoms with Crippen molar-refractivity contribution in [3.63, 3.8) is 0 Å². The lowest BCUT2D eigenvalue weighted by Crippen LogP contribution is -2.55. The van der Waals surface area contributed by atoms with Crippen LogP contribution in [0.5, 0.6) is 0 Å². The highest BCUT2D eigenvalue weighted by atomic mass is 28.5. The van der Waals surface area contributed by atoms with Crippen LogP contribution in [0.25, 0.3) is 0 Å². The molecule has 4 saturated carbocycles. The Labute approximate surface area is 331 Å². The quantitative estimate of drug-likeness (QED) is 0.0538. The number of unbranched alkanes of at least 4 members (excludes halogenated alkanes) is 5. The van der Waals surface area contributed by atoms with Crippen LogP contribution in [0, 0.1) is 47.3 Å². The molecule has 0 amide bonds. The smallest absolute Gasteiger partial charge is 0.317 e. The van der Waals surface area contributed by atoms with Crippen LogP contribution in [-0.2, 0) is 45.1 Å². The molecule has 0 aromatic carbocycles. The summed E-state index contributed by atoms with van der Waals surface area (Å²) >= 11 is 0. The molecule has 4 bridgehead atoms. The summed E-state index contributed by atoms with van der Waals surface area (Å²) in [6.07, 6.45) is 11.2. The lowest BCUT2D eigenvalue weighted by atomic mass is 9.81. The number of hydrogen-bond acceptors (Lipinski definition) is 10. The van der Waals surface area contributed by atoms with E-state index in [-0.39, 0.29) is 71.2 Å². The molecular weight excluding hydrogens is 785 g/mol. The van der Waals surface area contributed by atoms with Gasteiger partial charge in [-0.3, -0.25) is 19.2 Å². The van der Waals surface area contributed by atoms with Crippen LogP contribution >= 0.6 is 0 Å². The molecule has 54 heavy (non-hydrogen) atoms. The maximum Gasteiger partial charge on any atom is 0.317 e. The minimum Gasteiger partial charge on any atom is -0.437 e. The lowest BCUT2D eigenvalue weighted by Gasteiger charge is -2.44. The lowest BCUT2D eigenvalue weighted by molar-refractivity contribution is -0.156. The van der Waals surface area contributed by atoms with Gasteiger partial charge in [0.15, 0.2) is 33.3 Å². The van der Waals surface area contributed by atoms with Crippen molar-refractivity contribution in [2.45, 2.75) is 166 Å². The summed E-state index contributed by atoms with van der Waals surface area (Å²) in [7, 11) is -12.9. The number of hydrogen-bond donors (Lipinski definition) is 0. The molecule has 6 aliphatic rings. The van der Waals surface area contributed by atoms with Crippen molar-refractivity contribution in [1.82, 2.24) is 0 Å². The van der Waals surface area contributed by atoms with Gasteiger partial charge in [0.05, 0.1) is 23.7 Å². The van der Waals surface area contributed by atoms with Gasteiger partial charge in [0.25, 0.3) is 0 Å². The summed E-state index contributed by atoms with van der Waals surface area (Å²) < 4.78 is 38.1. The second kappa shape index (κ2) is 15.2. The van der Waals surface area contributed by atoms with Crippen LogP contribution in [0.15, 0.2) is 0 Å². The Morgan fingerprint density at radius 3 is 1.11 bits per heavy atom. The van der Waals surface area contributed by atoms with Gasteiger partial charge in [0.2, 0.25) is 0 Å². The van der Waals surface area contributed by atoms with E-state index in [1.807, 2.05) is 0 Å². The van der Waals surface area contributed by atoms with E-state index in [1.165, 1.54) is 38.5 Å². The Balaban J connectivity index is 0.861. The van der Waals surface area contributed by atoms with E-state index in [0.717, 1.165) is 37.8 Å². The molecule has 0 radical (unpaired) electrons. The third-order valence-electron chi connectivity index (χ3n) is 14.2. The van der Waals surface area contributed by atoms with E-state index < -0.39 is 50.4 Å². The van der Waals surface area contributed by atoms with Crippen LogP contribution in [0.4, 0.5) is 0 Å². The normalized spacial score (nSPS) is 33.9. The standard InChI is InChI=1S/C38H70O10Si6/c1-49(2,45-53(9,10)47-51(5,6)29-23-25-21-27(29)33-31(25)35(39)43-37(33)41)19-17-15-13-14-16-18-20-50(3,4)46-54(11,12)48-52(7,8)30-24-26-22-28(30)34-32(26)36(40)44-38(34)42/h25-34H,13-24H2,1-12H3. The molecule has 6 fully saturated rings. The van der Waals surface area contributed by atoms with Crippen molar-refractivity contribution in [2.75, 3.05) is 0 Å². The maximum atomic E-state index is 12.5. The average molecular weight is 855 g/mol. The molecule has 16 heteroatoms. The van der Waals surface area contributed by atoms with Gasteiger partial charge in [-0.25, -0.2) is 0 Å².